The Balaban J connectivity index is 1.41. The lowest BCUT2D eigenvalue weighted by molar-refractivity contribution is -0.139. The molecule has 9 heteroatoms. The lowest BCUT2D eigenvalue weighted by Gasteiger charge is -2.30. The van der Waals surface area contributed by atoms with Gasteiger partial charge in [-0.3, -0.25) is 9.59 Å². The standard InChI is InChI=1S/C27H33FN4O4/c1-17(2)24(30-27(35)36)26(34)32-16-4-6-23(32)25(33)29-20-11-7-18(8-12-20)22-5-3-15-31(22)21-13-9-19(28)10-14-21/h7-14,17,22-24,30H,3-6,15-16H2,1-2H3,(H,29,33)(H,35,36)/t22-,23-,24-/m0/s1. The van der Waals surface area contributed by atoms with Crippen LogP contribution in [0.4, 0.5) is 20.6 Å². The van der Waals surface area contributed by atoms with E-state index in [9.17, 15) is 18.8 Å². The van der Waals surface area contributed by atoms with Gasteiger partial charge in [0.25, 0.3) is 0 Å². The number of halogens is 1. The fourth-order valence-corrected chi connectivity index (χ4v) is 5.20. The van der Waals surface area contributed by atoms with E-state index in [-0.39, 0.29) is 29.6 Å². The summed E-state index contributed by atoms with van der Waals surface area (Å²) in [5.74, 6) is -1.15. The lowest BCUT2D eigenvalue weighted by atomic mass is 10.0. The van der Waals surface area contributed by atoms with Gasteiger partial charge in [0.15, 0.2) is 0 Å². The number of rotatable bonds is 7. The van der Waals surface area contributed by atoms with E-state index in [4.69, 9.17) is 5.11 Å². The molecule has 3 amide bonds. The molecule has 0 aromatic heterocycles. The topological polar surface area (TPSA) is 102 Å². The van der Waals surface area contributed by atoms with Crippen molar-refractivity contribution in [1.82, 2.24) is 10.2 Å². The number of likely N-dealkylation sites (tertiary alicyclic amines) is 1. The summed E-state index contributed by atoms with van der Waals surface area (Å²) in [6.07, 6.45) is 1.98. The first-order valence-electron chi connectivity index (χ1n) is 12.5. The Labute approximate surface area is 210 Å². The Kier molecular flexibility index (Phi) is 7.76. The van der Waals surface area contributed by atoms with E-state index < -0.39 is 18.2 Å². The molecule has 36 heavy (non-hydrogen) atoms. The second-order valence-electron chi connectivity index (χ2n) is 9.80. The van der Waals surface area contributed by atoms with Gasteiger partial charge < -0.3 is 25.5 Å². The van der Waals surface area contributed by atoms with E-state index in [0.29, 0.717) is 25.1 Å². The number of carboxylic acid groups (broad SMARTS) is 1. The van der Waals surface area contributed by atoms with Crippen molar-refractivity contribution in [2.45, 2.75) is 57.7 Å². The fraction of sp³-hybridized carbons (Fsp3) is 0.444. The second kappa shape index (κ2) is 11.0. The number of anilines is 2. The number of hydrogen-bond donors (Lipinski definition) is 3. The third kappa shape index (κ3) is 5.61. The molecule has 2 saturated heterocycles. The highest BCUT2D eigenvalue weighted by Gasteiger charge is 2.38. The zero-order chi connectivity index (χ0) is 25.8. The predicted octanol–water partition coefficient (Wildman–Crippen LogP) is 4.39. The van der Waals surface area contributed by atoms with Crippen LogP contribution in [0.15, 0.2) is 48.5 Å². The summed E-state index contributed by atoms with van der Waals surface area (Å²) in [6.45, 7) is 4.86. The van der Waals surface area contributed by atoms with Gasteiger partial charge in [0.2, 0.25) is 11.8 Å². The molecule has 0 spiro atoms. The van der Waals surface area contributed by atoms with Gasteiger partial charge in [-0.05, 0) is 73.6 Å². The molecular formula is C27H33FN4O4. The normalized spacial score (nSPS) is 20.4. The Morgan fingerprint density at radius 2 is 1.64 bits per heavy atom. The van der Waals surface area contributed by atoms with Crippen LogP contribution in [0, 0.1) is 11.7 Å². The van der Waals surface area contributed by atoms with E-state index in [1.165, 1.54) is 17.0 Å². The summed E-state index contributed by atoms with van der Waals surface area (Å²) in [5.41, 5.74) is 2.74. The fourth-order valence-electron chi connectivity index (χ4n) is 5.20. The average molecular weight is 497 g/mol. The zero-order valence-electron chi connectivity index (χ0n) is 20.6. The highest BCUT2D eigenvalue weighted by molar-refractivity contribution is 5.98. The predicted molar refractivity (Wildman–Crippen MR) is 135 cm³/mol. The second-order valence-corrected chi connectivity index (χ2v) is 9.80. The van der Waals surface area contributed by atoms with Gasteiger partial charge in [0, 0.05) is 24.5 Å². The summed E-state index contributed by atoms with van der Waals surface area (Å²) in [6, 6.07) is 12.9. The molecule has 2 aromatic rings. The zero-order valence-corrected chi connectivity index (χ0v) is 20.6. The minimum atomic E-state index is -1.26. The Bertz CT molecular complexity index is 1090. The molecule has 2 fully saturated rings. The van der Waals surface area contributed by atoms with Crippen molar-refractivity contribution in [2.24, 2.45) is 5.92 Å². The van der Waals surface area contributed by atoms with Crippen molar-refractivity contribution < 1.29 is 23.9 Å². The van der Waals surface area contributed by atoms with Crippen LogP contribution in [-0.2, 0) is 9.59 Å². The molecule has 8 nitrogen and oxygen atoms in total. The first-order chi connectivity index (χ1) is 17.2. The van der Waals surface area contributed by atoms with Crippen LogP contribution < -0.4 is 15.5 Å². The van der Waals surface area contributed by atoms with Crippen LogP contribution in [0.2, 0.25) is 0 Å². The van der Waals surface area contributed by atoms with Gasteiger partial charge in [-0.25, -0.2) is 9.18 Å². The Morgan fingerprint density at radius 1 is 0.972 bits per heavy atom. The molecule has 4 rings (SSSR count). The molecule has 192 valence electrons. The quantitative estimate of drug-likeness (QED) is 0.528. The van der Waals surface area contributed by atoms with Crippen molar-refractivity contribution in [3.05, 3.63) is 59.9 Å². The highest BCUT2D eigenvalue weighted by atomic mass is 19.1. The van der Waals surface area contributed by atoms with E-state index >= 15 is 0 Å². The van der Waals surface area contributed by atoms with Crippen LogP contribution in [0.1, 0.15) is 51.1 Å². The summed E-state index contributed by atoms with van der Waals surface area (Å²) >= 11 is 0. The number of benzene rings is 2. The molecule has 0 bridgehead atoms. The highest BCUT2D eigenvalue weighted by Crippen LogP contribution is 2.36. The maximum absolute atomic E-state index is 13.3. The summed E-state index contributed by atoms with van der Waals surface area (Å²) < 4.78 is 13.3. The minimum absolute atomic E-state index is 0.179. The average Bonchev–Trinajstić information content (AvgIpc) is 3.53. The number of carbonyl (C=O) groups excluding carboxylic acids is 2. The molecule has 2 heterocycles. The maximum atomic E-state index is 13.3. The van der Waals surface area contributed by atoms with Crippen molar-refractivity contribution in [2.75, 3.05) is 23.3 Å². The third-order valence-electron chi connectivity index (χ3n) is 7.02. The summed E-state index contributed by atoms with van der Waals surface area (Å²) in [5, 5.41) is 14.3. The smallest absolute Gasteiger partial charge is 0.405 e. The first kappa shape index (κ1) is 25.5. The lowest BCUT2D eigenvalue weighted by Crippen LogP contribution is -2.54. The number of hydrogen-bond acceptors (Lipinski definition) is 4. The molecular weight excluding hydrogens is 463 g/mol. The Morgan fingerprint density at radius 3 is 2.28 bits per heavy atom. The van der Waals surface area contributed by atoms with Crippen molar-refractivity contribution in [1.29, 1.82) is 0 Å². The molecule has 2 aliphatic rings. The number of nitrogens with zero attached hydrogens (tertiary/aromatic N) is 2. The van der Waals surface area contributed by atoms with Gasteiger partial charge in [-0.2, -0.15) is 0 Å². The largest absolute Gasteiger partial charge is 0.465 e. The molecule has 3 atom stereocenters. The maximum Gasteiger partial charge on any atom is 0.405 e. The number of nitrogens with one attached hydrogen (secondary N) is 2. The molecule has 2 aliphatic heterocycles. The van der Waals surface area contributed by atoms with Crippen LogP contribution in [-0.4, -0.2) is 53.1 Å². The molecule has 0 radical (unpaired) electrons. The summed E-state index contributed by atoms with van der Waals surface area (Å²) in [7, 11) is 0. The van der Waals surface area contributed by atoms with Crippen molar-refractivity contribution in [3.8, 4) is 0 Å². The minimum Gasteiger partial charge on any atom is -0.465 e. The van der Waals surface area contributed by atoms with Crippen molar-refractivity contribution in [3.63, 3.8) is 0 Å². The monoisotopic (exact) mass is 496 g/mol. The molecule has 0 unspecified atom stereocenters. The Hall–Kier alpha value is -3.62. The van der Waals surface area contributed by atoms with Crippen LogP contribution in [0.5, 0.6) is 0 Å². The van der Waals surface area contributed by atoms with Gasteiger partial charge in [-0.1, -0.05) is 26.0 Å². The van der Waals surface area contributed by atoms with Gasteiger partial charge >= 0.3 is 6.09 Å². The SMILES string of the molecule is CC(C)[C@H](NC(=O)O)C(=O)N1CCC[C@H]1C(=O)Nc1ccc([C@@H]2CCCN2c2ccc(F)cc2)cc1. The van der Waals surface area contributed by atoms with Gasteiger partial charge in [0.1, 0.15) is 17.9 Å². The van der Waals surface area contributed by atoms with Crippen LogP contribution in [0.3, 0.4) is 0 Å². The van der Waals surface area contributed by atoms with Crippen LogP contribution >= 0.6 is 0 Å². The molecule has 2 aromatic carbocycles. The number of amides is 3. The van der Waals surface area contributed by atoms with E-state index in [0.717, 1.165) is 30.6 Å². The third-order valence-corrected chi connectivity index (χ3v) is 7.02. The van der Waals surface area contributed by atoms with Gasteiger partial charge in [0.05, 0.1) is 6.04 Å². The van der Waals surface area contributed by atoms with Gasteiger partial charge in [-0.15, -0.1) is 0 Å². The van der Waals surface area contributed by atoms with Crippen LogP contribution in [0.25, 0.3) is 0 Å². The number of carbonyl (C=O) groups is 3. The molecule has 0 aliphatic carbocycles. The van der Waals surface area contributed by atoms with Crippen molar-refractivity contribution >= 4 is 29.3 Å². The first-order valence-corrected chi connectivity index (χ1v) is 12.5. The van der Waals surface area contributed by atoms with E-state index in [2.05, 4.69) is 15.5 Å². The molecule has 3 N–H and O–H groups in total. The van der Waals surface area contributed by atoms with E-state index in [1.54, 1.807) is 26.0 Å². The summed E-state index contributed by atoms with van der Waals surface area (Å²) in [4.78, 5) is 41.0. The van der Waals surface area contributed by atoms with E-state index in [1.807, 2.05) is 24.3 Å². The molecule has 0 saturated carbocycles.